The van der Waals surface area contributed by atoms with Crippen LogP contribution in [0.15, 0.2) is 82.1 Å². The molecule has 1 amide bonds. The Kier molecular flexibility index (Phi) is 7.96. The van der Waals surface area contributed by atoms with Crippen molar-refractivity contribution in [1.82, 2.24) is 14.9 Å². The lowest BCUT2D eigenvalue weighted by Gasteiger charge is -2.15. The maximum absolute atomic E-state index is 13.2. The standard InChI is InChI=1S/C26H27N3O2S2/c1-19(13-14-20-8-3-2-4-9-20)27-24(30)18-33-26-28-23-12-6-5-11-22(23)25(31)29(26)16-15-21-10-7-17-32-21/h2-12,17,19H,13-16,18H2,1H3,(H,27,30)/t19-/m1/s1. The van der Waals surface area contributed by atoms with Crippen molar-refractivity contribution in [2.45, 2.75) is 43.9 Å². The molecule has 0 aliphatic carbocycles. The first kappa shape index (κ1) is 23.3. The Morgan fingerprint density at radius 1 is 1.06 bits per heavy atom. The smallest absolute Gasteiger partial charge is 0.262 e. The summed E-state index contributed by atoms with van der Waals surface area (Å²) in [5.74, 6) is 0.173. The van der Waals surface area contributed by atoms with Gasteiger partial charge in [-0.1, -0.05) is 60.3 Å². The first-order chi connectivity index (χ1) is 16.1. The number of carbonyl (C=O) groups is 1. The van der Waals surface area contributed by atoms with Crippen molar-refractivity contribution in [2.24, 2.45) is 0 Å². The highest BCUT2D eigenvalue weighted by atomic mass is 32.2. The highest BCUT2D eigenvalue weighted by molar-refractivity contribution is 7.99. The summed E-state index contributed by atoms with van der Waals surface area (Å²) in [6, 6.07) is 21.8. The normalized spacial score (nSPS) is 12.0. The van der Waals surface area contributed by atoms with Gasteiger partial charge < -0.3 is 5.32 Å². The number of aromatic nitrogens is 2. The zero-order chi connectivity index (χ0) is 23.0. The van der Waals surface area contributed by atoms with Crippen molar-refractivity contribution in [2.75, 3.05) is 5.75 Å². The lowest BCUT2D eigenvalue weighted by atomic mass is 10.1. The molecule has 1 atom stereocenters. The molecular formula is C26H27N3O2S2. The van der Waals surface area contributed by atoms with E-state index in [4.69, 9.17) is 4.98 Å². The van der Waals surface area contributed by atoms with E-state index in [-0.39, 0.29) is 23.3 Å². The minimum Gasteiger partial charge on any atom is -0.353 e. The molecule has 2 aromatic carbocycles. The van der Waals surface area contributed by atoms with Gasteiger partial charge in [0, 0.05) is 17.5 Å². The van der Waals surface area contributed by atoms with E-state index < -0.39 is 0 Å². The molecule has 0 unspecified atom stereocenters. The minimum atomic E-state index is -0.0590. The average molecular weight is 478 g/mol. The van der Waals surface area contributed by atoms with Crippen LogP contribution in [0.3, 0.4) is 0 Å². The number of nitrogens with zero attached hydrogens (tertiary/aromatic N) is 2. The van der Waals surface area contributed by atoms with Crippen LogP contribution in [0, 0.1) is 0 Å². The molecule has 5 nitrogen and oxygen atoms in total. The average Bonchev–Trinajstić information content (AvgIpc) is 3.35. The van der Waals surface area contributed by atoms with E-state index in [0.29, 0.717) is 22.6 Å². The quantitative estimate of drug-likeness (QED) is 0.260. The number of aryl methyl sites for hydroxylation is 2. The van der Waals surface area contributed by atoms with E-state index in [0.717, 1.165) is 19.3 Å². The van der Waals surface area contributed by atoms with E-state index in [1.54, 1.807) is 15.9 Å². The SMILES string of the molecule is C[C@H](CCc1ccccc1)NC(=O)CSc1nc2ccccc2c(=O)n1CCc1cccs1. The first-order valence-corrected chi connectivity index (χ1v) is 12.9. The largest absolute Gasteiger partial charge is 0.353 e. The van der Waals surface area contributed by atoms with E-state index in [2.05, 4.69) is 23.5 Å². The number of nitrogens with one attached hydrogen (secondary N) is 1. The van der Waals surface area contributed by atoms with Crippen LogP contribution < -0.4 is 10.9 Å². The van der Waals surface area contributed by atoms with Gasteiger partial charge in [0.15, 0.2) is 5.16 Å². The molecule has 4 aromatic rings. The second-order valence-corrected chi connectivity index (χ2v) is 9.95. The summed E-state index contributed by atoms with van der Waals surface area (Å²) in [6.45, 7) is 2.56. The number of thiophene rings is 1. The molecule has 0 aliphatic rings. The molecule has 0 bridgehead atoms. The van der Waals surface area contributed by atoms with Gasteiger partial charge in [-0.2, -0.15) is 0 Å². The van der Waals surface area contributed by atoms with Gasteiger partial charge in [0.25, 0.3) is 5.56 Å². The third kappa shape index (κ3) is 6.33. The summed E-state index contributed by atoms with van der Waals surface area (Å²) < 4.78 is 1.71. The molecule has 0 spiro atoms. The molecule has 0 aliphatic heterocycles. The molecule has 2 heterocycles. The number of carbonyl (C=O) groups excluding carboxylic acids is 1. The van der Waals surface area contributed by atoms with Crippen LogP contribution in [0.4, 0.5) is 0 Å². The lowest BCUT2D eigenvalue weighted by molar-refractivity contribution is -0.119. The van der Waals surface area contributed by atoms with Gasteiger partial charge >= 0.3 is 0 Å². The number of thioether (sulfide) groups is 1. The zero-order valence-electron chi connectivity index (χ0n) is 18.6. The fourth-order valence-electron chi connectivity index (χ4n) is 3.68. The summed E-state index contributed by atoms with van der Waals surface area (Å²) in [6.07, 6.45) is 2.55. The summed E-state index contributed by atoms with van der Waals surface area (Å²) in [5, 5.41) is 6.30. The van der Waals surface area contributed by atoms with Gasteiger partial charge in [0.1, 0.15) is 0 Å². The molecule has 0 fully saturated rings. The van der Waals surface area contributed by atoms with Gasteiger partial charge in [-0.3, -0.25) is 14.2 Å². The molecule has 0 saturated heterocycles. The molecular weight excluding hydrogens is 450 g/mol. The summed E-state index contributed by atoms with van der Waals surface area (Å²) in [7, 11) is 0. The number of hydrogen-bond acceptors (Lipinski definition) is 5. The Labute approximate surface area is 201 Å². The monoisotopic (exact) mass is 477 g/mol. The van der Waals surface area contributed by atoms with Gasteiger partial charge in [-0.25, -0.2) is 4.98 Å². The van der Waals surface area contributed by atoms with Gasteiger partial charge in [0.05, 0.1) is 16.7 Å². The number of benzene rings is 2. The molecule has 0 radical (unpaired) electrons. The predicted molar refractivity (Wildman–Crippen MR) is 137 cm³/mol. The molecule has 170 valence electrons. The Bertz CT molecular complexity index is 1250. The minimum absolute atomic E-state index is 0.0484. The summed E-state index contributed by atoms with van der Waals surface area (Å²) >= 11 is 3.00. The van der Waals surface area contributed by atoms with Crippen LogP contribution in [0.25, 0.3) is 10.9 Å². The summed E-state index contributed by atoms with van der Waals surface area (Å²) in [5.41, 5.74) is 1.87. The third-order valence-corrected chi connectivity index (χ3v) is 7.35. The Morgan fingerprint density at radius 2 is 1.85 bits per heavy atom. The second kappa shape index (κ2) is 11.3. The van der Waals surface area contributed by atoms with Crippen LogP contribution >= 0.6 is 23.1 Å². The van der Waals surface area contributed by atoms with Crippen molar-refractivity contribution in [3.05, 3.63) is 92.9 Å². The highest BCUT2D eigenvalue weighted by Crippen LogP contribution is 2.19. The fraction of sp³-hybridized carbons (Fsp3) is 0.269. The van der Waals surface area contributed by atoms with E-state index in [1.165, 1.54) is 22.2 Å². The van der Waals surface area contributed by atoms with E-state index >= 15 is 0 Å². The van der Waals surface area contributed by atoms with Crippen LogP contribution in [0.2, 0.25) is 0 Å². The van der Waals surface area contributed by atoms with Crippen LogP contribution in [-0.4, -0.2) is 27.3 Å². The maximum Gasteiger partial charge on any atom is 0.262 e. The summed E-state index contributed by atoms with van der Waals surface area (Å²) in [4.78, 5) is 31.7. The number of hydrogen-bond donors (Lipinski definition) is 1. The van der Waals surface area contributed by atoms with Crippen LogP contribution in [0.1, 0.15) is 23.8 Å². The van der Waals surface area contributed by atoms with Gasteiger partial charge in [0.2, 0.25) is 5.91 Å². The first-order valence-electron chi connectivity index (χ1n) is 11.1. The Morgan fingerprint density at radius 3 is 2.64 bits per heavy atom. The Balaban J connectivity index is 1.41. The molecule has 2 aromatic heterocycles. The predicted octanol–water partition coefficient (Wildman–Crippen LogP) is 4.93. The zero-order valence-corrected chi connectivity index (χ0v) is 20.2. The molecule has 4 rings (SSSR count). The number of para-hydroxylation sites is 1. The number of amides is 1. The molecule has 7 heteroatoms. The Hall–Kier alpha value is -2.90. The second-order valence-electron chi connectivity index (χ2n) is 7.98. The van der Waals surface area contributed by atoms with Crippen LogP contribution in [-0.2, 0) is 24.2 Å². The van der Waals surface area contributed by atoms with Crippen molar-refractivity contribution < 1.29 is 4.79 Å². The van der Waals surface area contributed by atoms with Crippen molar-refractivity contribution >= 4 is 39.9 Å². The maximum atomic E-state index is 13.2. The van der Waals surface area contributed by atoms with Gasteiger partial charge in [-0.05, 0) is 55.3 Å². The van der Waals surface area contributed by atoms with Gasteiger partial charge in [-0.15, -0.1) is 11.3 Å². The topological polar surface area (TPSA) is 64.0 Å². The van der Waals surface area contributed by atoms with E-state index in [9.17, 15) is 9.59 Å². The van der Waals surface area contributed by atoms with Crippen molar-refractivity contribution in [1.29, 1.82) is 0 Å². The lowest BCUT2D eigenvalue weighted by Crippen LogP contribution is -2.34. The number of fused-ring (bicyclic) bond motifs is 1. The third-order valence-electron chi connectivity index (χ3n) is 5.44. The molecule has 1 N–H and O–H groups in total. The van der Waals surface area contributed by atoms with Crippen LogP contribution in [0.5, 0.6) is 0 Å². The van der Waals surface area contributed by atoms with E-state index in [1.807, 2.05) is 60.8 Å². The fourth-order valence-corrected chi connectivity index (χ4v) is 5.21. The van der Waals surface area contributed by atoms with Crippen molar-refractivity contribution in [3.63, 3.8) is 0 Å². The number of rotatable bonds is 10. The highest BCUT2D eigenvalue weighted by Gasteiger charge is 2.14. The van der Waals surface area contributed by atoms with Crippen molar-refractivity contribution in [3.8, 4) is 0 Å². The molecule has 0 saturated carbocycles. The molecule has 33 heavy (non-hydrogen) atoms.